The predicted molar refractivity (Wildman–Crippen MR) is 235 cm³/mol. The van der Waals surface area contributed by atoms with Crippen LogP contribution in [0, 0.1) is 45.3 Å². The number of halogens is 3. The van der Waals surface area contributed by atoms with Crippen LogP contribution in [-0.4, -0.2) is 9.13 Å². The lowest BCUT2D eigenvalue weighted by Crippen LogP contribution is -2.16. The molecule has 0 spiro atoms. The van der Waals surface area contributed by atoms with Crippen LogP contribution in [0.2, 0.25) is 0 Å². The van der Waals surface area contributed by atoms with Gasteiger partial charge >= 0.3 is 6.18 Å². The largest absolute Gasteiger partial charge is 0.420 e. The zero-order valence-corrected chi connectivity index (χ0v) is 32.4. The second-order valence-electron chi connectivity index (χ2n) is 14.9. The van der Waals surface area contributed by atoms with Gasteiger partial charge in [0.25, 0.3) is 0 Å². The van der Waals surface area contributed by atoms with Crippen molar-refractivity contribution < 1.29 is 13.2 Å². The summed E-state index contributed by atoms with van der Waals surface area (Å²) < 4.78 is 52.5. The summed E-state index contributed by atoms with van der Waals surface area (Å²) in [5.41, 5.74) is 5.76. The maximum Gasteiger partial charge on any atom is 0.420 e. The fraction of sp³-hybridized carbons (Fsp3) is 0.0189. The molecule has 6 nitrogen and oxygen atoms in total. The number of rotatable bonds is 5. The minimum atomic E-state index is -4.91. The summed E-state index contributed by atoms with van der Waals surface area (Å²) >= 11 is 0. The molecule has 0 bridgehead atoms. The number of para-hydroxylation sites is 2. The molecular formula is C53H27F3N6. The van der Waals surface area contributed by atoms with Crippen molar-refractivity contribution in [1.82, 2.24) is 9.13 Å². The molecule has 0 saturated heterocycles. The van der Waals surface area contributed by atoms with Crippen LogP contribution < -0.4 is 0 Å². The first kappa shape index (κ1) is 37.4. The van der Waals surface area contributed by atoms with E-state index in [0.717, 1.165) is 11.1 Å². The fourth-order valence-electron chi connectivity index (χ4n) is 8.81. The first-order valence-corrected chi connectivity index (χ1v) is 19.5. The average molecular weight is 805 g/mol. The third-order valence-corrected chi connectivity index (χ3v) is 11.4. The lowest BCUT2D eigenvalue weighted by Gasteiger charge is -2.23. The van der Waals surface area contributed by atoms with Crippen molar-refractivity contribution in [2.45, 2.75) is 6.18 Å². The van der Waals surface area contributed by atoms with Crippen molar-refractivity contribution in [3.05, 3.63) is 192 Å². The molecule has 0 amide bonds. The van der Waals surface area contributed by atoms with Crippen molar-refractivity contribution in [3.63, 3.8) is 0 Å². The van der Waals surface area contributed by atoms with Gasteiger partial charge in [0.05, 0.1) is 80.0 Å². The third kappa shape index (κ3) is 5.93. The van der Waals surface area contributed by atoms with E-state index in [1.54, 1.807) is 81.9 Å². The molecule has 2 heterocycles. The number of benzene rings is 8. The first-order valence-electron chi connectivity index (χ1n) is 19.5. The maximum absolute atomic E-state index is 16.4. The molecule has 0 saturated carbocycles. The Hall–Kier alpha value is -8.89. The number of alkyl halides is 3. The van der Waals surface area contributed by atoms with Crippen LogP contribution in [0.5, 0.6) is 0 Å². The van der Waals surface area contributed by atoms with Crippen LogP contribution in [0.1, 0.15) is 27.8 Å². The molecule has 8 aromatic carbocycles. The van der Waals surface area contributed by atoms with E-state index in [-0.39, 0.29) is 22.5 Å². The van der Waals surface area contributed by atoms with Crippen LogP contribution in [0.25, 0.3) is 88.4 Å². The normalized spacial score (nSPS) is 11.4. The highest BCUT2D eigenvalue weighted by Crippen LogP contribution is 2.47. The van der Waals surface area contributed by atoms with E-state index in [9.17, 15) is 21.0 Å². The third-order valence-electron chi connectivity index (χ3n) is 11.4. The summed E-state index contributed by atoms with van der Waals surface area (Å²) in [6.07, 6.45) is -4.91. The Kier molecular flexibility index (Phi) is 8.70. The quantitative estimate of drug-likeness (QED) is 0.173. The van der Waals surface area contributed by atoms with E-state index >= 15 is 13.2 Å². The number of aromatic nitrogens is 2. The van der Waals surface area contributed by atoms with E-state index in [2.05, 4.69) is 24.3 Å². The number of hydrogen-bond donors (Lipinski definition) is 0. The second kappa shape index (κ2) is 14.4. The lowest BCUT2D eigenvalue weighted by atomic mass is 9.96. The number of hydrogen-bond acceptors (Lipinski definition) is 4. The number of nitrogens with zero attached hydrogens (tertiary/aromatic N) is 6. The minimum absolute atomic E-state index is 0.159. The van der Waals surface area contributed by atoms with Crippen LogP contribution in [0.15, 0.2) is 164 Å². The van der Waals surface area contributed by atoms with Crippen molar-refractivity contribution in [2.24, 2.45) is 0 Å². The SMILES string of the molecule is N#Cc1cc(C#N)cc(-c2cc(-n3c4ccccc4c4cc(-c5ccccc5C#N)ccc43)c(C(F)(F)F)c(-n3c4ccccc4c4cc(-c5ccccc5C#N)ccc43)c2)c1. The molecule has 0 aliphatic carbocycles. The Morgan fingerprint density at radius 3 is 1.21 bits per heavy atom. The van der Waals surface area contributed by atoms with Gasteiger partial charge in [-0.25, -0.2) is 0 Å². The molecule has 0 N–H and O–H groups in total. The molecule has 10 aromatic rings. The highest BCUT2D eigenvalue weighted by atomic mass is 19.4. The van der Waals surface area contributed by atoms with Gasteiger partial charge in [0.1, 0.15) is 5.56 Å². The van der Waals surface area contributed by atoms with Crippen LogP contribution in [0.3, 0.4) is 0 Å². The molecule has 0 unspecified atom stereocenters. The molecule has 0 fully saturated rings. The topological polar surface area (TPSA) is 105 Å². The Balaban J connectivity index is 1.35. The van der Waals surface area contributed by atoms with Crippen molar-refractivity contribution in [2.75, 3.05) is 0 Å². The summed E-state index contributed by atoms with van der Waals surface area (Å²) in [4.78, 5) is 0. The van der Waals surface area contributed by atoms with E-state index in [1.165, 1.54) is 18.2 Å². The second-order valence-corrected chi connectivity index (χ2v) is 14.9. The highest BCUT2D eigenvalue weighted by molar-refractivity contribution is 6.12. The Morgan fingerprint density at radius 2 is 0.774 bits per heavy atom. The van der Waals surface area contributed by atoms with Crippen molar-refractivity contribution in [3.8, 4) is 69.0 Å². The summed E-state index contributed by atoms with van der Waals surface area (Å²) in [6.45, 7) is 0. The van der Waals surface area contributed by atoms with E-state index in [1.807, 2.05) is 72.8 Å². The summed E-state index contributed by atoms with van der Waals surface area (Å²) in [5, 5.41) is 42.6. The highest BCUT2D eigenvalue weighted by Gasteiger charge is 2.39. The number of fused-ring (bicyclic) bond motifs is 6. The van der Waals surface area contributed by atoms with Gasteiger partial charge in [0.2, 0.25) is 0 Å². The summed E-state index contributed by atoms with van der Waals surface area (Å²) in [5.74, 6) is 0. The molecule has 0 aliphatic rings. The van der Waals surface area contributed by atoms with Crippen molar-refractivity contribution in [1.29, 1.82) is 21.0 Å². The molecule has 62 heavy (non-hydrogen) atoms. The van der Waals surface area contributed by atoms with Crippen LogP contribution in [0.4, 0.5) is 13.2 Å². The monoisotopic (exact) mass is 804 g/mol. The van der Waals surface area contributed by atoms with E-state index in [0.29, 0.717) is 77.0 Å². The zero-order valence-electron chi connectivity index (χ0n) is 32.4. The summed E-state index contributed by atoms with van der Waals surface area (Å²) in [7, 11) is 0. The lowest BCUT2D eigenvalue weighted by molar-refractivity contribution is -0.137. The van der Waals surface area contributed by atoms with Gasteiger partial charge in [0.15, 0.2) is 0 Å². The van der Waals surface area contributed by atoms with Crippen LogP contribution >= 0.6 is 0 Å². The van der Waals surface area contributed by atoms with Gasteiger partial charge in [-0.2, -0.15) is 34.2 Å². The molecular weight excluding hydrogens is 778 g/mol. The molecule has 10 rings (SSSR count). The van der Waals surface area contributed by atoms with Gasteiger partial charge in [-0.05, 0) is 112 Å². The molecule has 0 radical (unpaired) electrons. The standard InChI is InChI=1S/C53H27F3N6/c54-53(55,56)52-50(61-46-15-7-5-13-42(46)44-24-34(17-19-48(44)61)40-11-3-1-9-36(40)30-59)26-39(38-22-32(28-57)21-33(23-38)29-58)27-51(52)62-47-16-8-6-14-43(47)45-25-35(18-20-49(45)62)41-12-4-2-10-37(41)31-60/h1-27H. The maximum atomic E-state index is 16.4. The van der Waals surface area contributed by atoms with Crippen molar-refractivity contribution >= 4 is 43.6 Å². The van der Waals surface area contributed by atoms with Gasteiger partial charge in [0, 0.05) is 21.5 Å². The van der Waals surface area contributed by atoms with E-state index in [4.69, 9.17) is 0 Å². The Labute approximate surface area is 352 Å². The molecule has 0 aliphatic heterocycles. The number of nitriles is 4. The molecule has 9 heteroatoms. The minimum Gasteiger partial charge on any atom is -0.309 e. The molecule has 290 valence electrons. The Morgan fingerprint density at radius 1 is 0.371 bits per heavy atom. The molecule has 2 aromatic heterocycles. The zero-order chi connectivity index (χ0) is 42.7. The van der Waals surface area contributed by atoms with Gasteiger partial charge in [-0.1, -0.05) is 84.9 Å². The van der Waals surface area contributed by atoms with Gasteiger partial charge < -0.3 is 9.13 Å². The van der Waals surface area contributed by atoms with Gasteiger partial charge in [-0.3, -0.25) is 0 Å². The molecule has 0 atom stereocenters. The summed E-state index contributed by atoms with van der Waals surface area (Å²) in [6, 6.07) is 56.2. The smallest absolute Gasteiger partial charge is 0.309 e. The average Bonchev–Trinajstić information content (AvgIpc) is 3.82. The van der Waals surface area contributed by atoms with E-state index < -0.39 is 11.7 Å². The predicted octanol–water partition coefficient (Wildman–Crippen LogP) is 13.4. The fourth-order valence-corrected chi connectivity index (χ4v) is 8.81. The van der Waals surface area contributed by atoms with Crippen LogP contribution in [-0.2, 0) is 6.18 Å². The Bertz CT molecular complexity index is 3460. The first-order chi connectivity index (χ1) is 30.2. The van der Waals surface area contributed by atoms with Gasteiger partial charge in [-0.15, -0.1) is 0 Å².